The second-order valence-electron chi connectivity index (χ2n) is 6.40. The van der Waals surface area contributed by atoms with Crippen LogP contribution in [0.1, 0.15) is 25.7 Å². The van der Waals surface area contributed by atoms with E-state index in [1.54, 1.807) is 6.26 Å². The van der Waals surface area contributed by atoms with Gasteiger partial charge in [-0.1, -0.05) is 11.8 Å². The first-order valence-corrected chi connectivity index (χ1v) is 9.06. The van der Waals surface area contributed by atoms with Crippen molar-refractivity contribution in [2.24, 2.45) is 18.9 Å². The molecule has 2 saturated carbocycles. The van der Waals surface area contributed by atoms with Crippen molar-refractivity contribution < 1.29 is 9.21 Å². The molecule has 0 spiro atoms. The van der Waals surface area contributed by atoms with Crippen LogP contribution < -0.4 is 5.32 Å². The Bertz CT molecular complexity index is 677. The molecule has 0 saturated heterocycles. The van der Waals surface area contributed by atoms with Crippen LogP contribution in [0.3, 0.4) is 0 Å². The Morgan fingerprint density at radius 1 is 1.39 bits per heavy atom. The molecule has 7 heteroatoms. The van der Waals surface area contributed by atoms with Crippen molar-refractivity contribution in [3.05, 3.63) is 18.4 Å². The van der Waals surface area contributed by atoms with Crippen LogP contribution in [0.15, 0.2) is 28.0 Å². The third-order valence-corrected chi connectivity index (χ3v) is 5.52. The summed E-state index contributed by atoms with van der Waals surface area (Å²) in [5.41, 5.74) is 0. The molecule has 0 atom stereocenters. The molecule has 0 radical (unpaired) electrons. The maximum Gasteiger partial charge on any atom is 0.230 e. The SMILES string of the molecule is Cn1c(SCC(=O)NC(C2CC2)C2CC2)nnc1-c1ccco1. The zero-order valence-electron chi connectivity index (χ0n) is 13.1. The van der Waals surface area contributed by atoms with E-state index in [-0.39, 0.29) is 5.91 Å². The Morgan fingerprint density at radius 3 is 2.74 bits per heavy atom. The van der Waals surface area contributed by atoms with E-state index in [0.717, 1.165) is 17.0 Å². The lowest BCUT2D eigenvalue weighted by molar-refractivity contribution is -0.119. The lowest BCUT2D eigenvalue weighted by atomic mass is 10.1. The topological polar surface area (TPSA) is 73.0 Å². The van der Waals surface area contributed by atoms with Gasteiger partial charge in [-0.15, -0.1) is 10.2 Å². The fourth-order valence-corrected chi connectivity index (χ4v) is 3.67. The van der Waals surface area contributed by atoms with Gasteiger partial charge in [0.25, 0.3) is 0 Å². The maximum atomic E-state index is 12.2. The largest absolute Gasteiger partial charge is 0.461 e. The molecule has 1 amide bonds. The average molecular weight is 332 g/mol. The maximum absolute atomic E-state index is 12.2. The smallest absolute Gasteiger partial charge is 0.230 e. The standard InChI is InChI=1S/C16H20N4O2S/c1-20-15(12-3-2-8-22-12)18-19-16(20)23-9-13(21)17-14(10-4-5-10)11-6-7-11/h2-3,8,10-11,14H,4-7,9H2,1H3,(H,17,21). The summed E-state index contributed by atoms with van der Waals surface area (Å²) in [4.78, 5) is 12.2. The van der Waals surface area contributed by atoms with Crippen LogP contribution in [0.5, 0.6) is 0 Å². The molecular weight excluding hydrogens is 312 g/mol. The highest BCUT2D eigenvalue weighted by Gasteiger charge is 2.42. The molecule has 2 aliphatic carbocycles. The summed E-state index contributed by atoms with van der Waals surface area (Å²) in [5, 5.41) is 12.2. The average Bonchev–Trinajstić information content (AvgIpc) is 3.46. The molecule has 2 aliphatic rings. The Balaban J connectivity index is 1.34. The Morgan fingerprint density at radius 2 is 2.13 bits per heavy atom. The quantitative estimate of drug-likeness (QED) is 0.789. The highest BCUT2D eigenvalue weighted by molar-refractivity contribution is 7.99. The fourth-order valence-electron chi connectivity index (χ4n) is 2.95. The van der Waals surface area contributed by atoms with E-state index in [2.05, 4.69) is 15.5 Å². The van der Waals surface area contributed by atoms with Crippen LogP contribution in [0, 0.1) is 11.8 Å². The molecule has 6 nitrogen and oxygen atoms in total. The van der Waals surface area contributed by atoms with E-state index >= 15 is 0 Å². The van der Waals surface area contributed by atoms with Crippen molar-refractivity contribution in [1.82, 2.24) is 20.1 Å². The van der Waals surface area contributed by atoms with Crippen LogP contribution in [0.2, 0.25) is 0 Å². The van der Waals surface area contributed by atoms with E-state index < -0.39 is 0 Å². The third-order valence-electron chi connectivity index (χ3n) is 4.50. The van der Waals surface area contributed by atoms with Crippen LogP contribution in [-0.2, 0) is 11.8 Å². The Hall–Kier alpha value is -1.76. The number of amides is 1. The minimum atomic E-state index is 0.0985. The molecular formula is C16H20N4O2S. The zero-order valence-corrected chi connectivity index (χ0v) is 13.9. The van der Waals surface area contributed by atoms with Crippen molar-refractivity contribution in [1.29, 1.82) is 0 Å². The number of nitrogens with zero attached hydrogens (tertiary/aromatic N) is 3. The number of nitrogens with one attached hydrogen (secondary N) is 1. The molecule has 0 unspecified atom stereocenters. The molecule has 2 aromatic heterocycles. The third kappa shape index (κ3) is 3.29. The first-order valence-electron chi connectivity index (χ1n) is 8.08. The van der Waals surface area contributed by atoms with E-state index in [9.17, 15) is 4.79 Å². The summed E-state index contributed by atoms with van der Waals surface area (Å²) >= 11 is 1.42. The number of carbonyl (C=O) groups is 1. The summed E-state index contributed by atoms with van der Waals surface area (Å²) in [5.74, 6) is 3.26. The number of thioether (sulfide) groups is 1. The summed E-state index contributed by atoms with van der Waals surface area (Å²) in [6, 6.07) is 4.07. The van der Waals surface area contributed by atoms with Crippen molar-refractivity contribution in [2.45, 2.75) is 36.9 Å². The minimum Gasteiger partial charge on any atom is -0.461 e. The van der Waals surface area contributed by atoms with E-state index in [4.69, 9.17) is 4.42 Å². The van der Waals surface area contributed by atoms with Gasteiger partial charge in [-0.25, -0.2) is 0 Å². The van der Waals surface area contributed by atoms with Gasteiger partial charge in [0, 0.05) is 13.1 Å². The molecule has 0 aliphatic heterocycles. The molecule has 1 N–H and O–H groups in total. The first kappa shape index (κ1) is 14.8. The van der Waals surface area contributed by atoms with Gasteiger partial charge in [0.15, 0.2) is 16.7 Å². The van der Waals surface area contributed by atoms with Gasteiger partial charge in [0.05, 0.1) is 12.0 Å². The molecule has 122 valence electrons. The number of furan rings is 1. The van der Waals surface area contributed by atoms with E-state index in [1.807, 2.05) is 23.7 Å². The normalized spacial score (nSPS) is 17.7. The number of carbonyl (C=O) groups excluding carboxylic acids is 1. The van der Waals surface area contributed by atoms with Gasteiger partial charge in [-0.2, -0.15) is 0 Å². The predicted octanol–water partition coefficient (Wildman–Crippen LogP) is 2.47. The zero-order chi connectivity index (χ0) is 15.8. The summed E-state index contributed by atoms with van der Waals surface area (Å²) < 4.78 is 7.20. The summed E-state index contributed by atoms with van der Waals surface area (Å²) in [6.45, 7) is 0. The van der Waals surface area contributed by atoms with E-state index in [1.165, 1.54) is 37.4 Å². The van der Waals surface area contributed by atoms with Gasteiger partial charge in [0.1, 0.15) is 0 Å². The van der Waals surface area contributed by atoms with Gasteiger partial charge in [0.2, 0.25) is 5.91 Å². The van der Waals surface area contributed by atoms with Crippen LogP contribution >= 0.6 is 11.8 Å². The number of rotatable bonds is 7. The highest BCUT2D eigenvalue weighted by atomic mass is 32.2. The minimum absolute atomic E-state index is 0.0985. The second-order valence-corrected chi connectivity index (χ2v) is 7.34. The lowest BCUT2D eigenvalue weighted by Crippen LogP contribution is -2.39. The van der Waals surface area contributed by atoms with Crippen LogP contribution in [0.4, 0.5) is 0 Å². The van der Waals surface area contributed by atoms with Crippen molar-refractivity contribution in [3.8, 4) is 11.6 Å². The van der Waals surface area contributed by atoms with Gasteiger partial charge in [-0.3, -0.25) is 4.79 Å². The molecule has 2 aromatic rings. The Kier molecular flexibility index (Phi) is 3.88. The van der Waals surface area contributed by atoms with Crippen molar-refractivity contribution in [3.63, 3.8) is 0 Å². The molecule has 4 rings (SSSR count). The molecule has 2 heterocycles. The van der Waals surface area contributed by atoms with Gasteiger partial charge >= 0.3 is 0 Å². The van der Waals surface area contributed by atoms with Crippen molar-refractivity contribution >= 4 is 17.7 Å². The van der Waals surface area contributed by atoms with Gasteiger partial charge < -0.3 is 14.3 Å². The second kappa shape index (κ2) is 6.03. The van der Waals surface area contributed by atoms with Crippen molar-refractivity contribution in [2.75, 3.05) is 5.75 Å². The summed E-state index contributed by atoms with van der Waals surface area (Å²) in [6.07, 6.45) is 6.68. The number of aromatic nitrogens is 3. The Labute approximate surface area is 139 Å². The van der Waals surface area contributed by atoms with Crippen LogP contribution in [-0.4, -0.2) is 32.5 Å². The first-order chi connectivity index (χ1) is 11.2. The molecule has 2 fully saturated rings. The monoisotopic (exact) mass is 332 g/mol. The lowest BCUT2D eigenvalue weighted by Gasteiger charge is -2.17. The summed E-state index contributed by atoms with van der Waals surface area (Å²) in [7, 11) is 1.88. The molecule has 23 heavy (non-hydrogen) atoms. The number of hydrogen-bond donors (Lipinski definition) is 1. The van der Waals surface area contributed by atoms with E-state index in [0.29, 0.717) is 23.4 Å². The molecule has 0 bridgehead atoms. The predicted molar refractivity (Wildman–Crippen MR) is 86.8 cm³/mol. The van der Waals surface area contributed by atoms with Crippen LogP contribution in [0.25, 0.3) is 11.6 Å². The highest BCUT2D eigenvalue weighted by Crippen LogP contribution is 2.44. The number of hydrogen-bond acceptors (Lipinski definition) is 5. The molecule has 0 aromatic carbocycles. The van der Waals surface area contributed by atoms with Gasteiger partial charge in [-0.05, 0) is 49.7 Å². The fraction of sp³-hybridized carbons (Fsp3) is 0.562.